The molecular weight excluding hydrogens is 338 g/mol. The second-order valence-electron chi connectivity index (χ2n) is 7.81. The summed E-state index contributed by atoms with van der Waals surface area (Å²) in [5.41, 5.74) is 1.01. The zero-order valence-corrected chi connectivity index (χ0v) is 16.4. The molecule has 1 N–H and O–H groups in total. The van der Waals surface area contributed by atoms with Gasteiger partial charge in [0, 0.05) is 18.5 Å². The van der Waals surface area contributed by atoms with Crippen LogP contribution in [-0.4, -0.2) is 57.8 Å². The van der Waals surface area contributed by atoms with Gasteiger partial charge in [-0.3, -0.25) is 4.79 Å². The van der Waals surface area contributed by atoms with Gasteiger partial charge in [-0.05, 0) is 5.92 Å². The fourth-order valence-electron chi connectivity index (χ4n) is 2.75. The molecule has 0 radical (unpaired) electrons. The van der Waals surface area contributed by atoms with E-state index in [0.717, 1.165) is 15.8 Å². The van der Waals surface area contributed by atoms with Gasteiger partial charge in [0.05, 0.1) is 25.1 Å². The van der Waals surface area contributed by atoms with Gasteiger partial charge in [-0.15, -0.1) is 5.10 Å². The quantitative estimate of drug-likeness (QED) is 0.901. The number of anilines is 1. The normalized spacial score (nSPS) is 17.3. The van der Waals surface area contributed by atoms with E-state index in [1.807, 2.05) is 24.9 Å². The number of nitrogens with one attached hydrogen (secondary N) is 1. The number of imidazole rings is 1. The second-order valence-corrected chi connectivity index (χ2v) is 8.77. The molecule has 0 spiro atoms. The van der Waals surface area contributed by atoms with Crippen molar-refractivity contribution in [3.63, 3.8) is 0 Å². The van der Waals surface area contributed by atoms with E-state index in [4.69, 9.17) is 4.74 Å². The molecule has 8 heteroatoms. The molecular formula is C17H27N5O2S. The summed E-state index contributed by atoms with van der Waals surface area (Å²) in [6.07, 6.45) is 1.96. The number of nitrogens with zero attached hydrogens (tertiary/aromatic N) is 4. The number of carbonyl (C=O) groups is 1. The molecule has 1 atom stereocenters. The van der Waals surface area contributed by atoms with Crippen LogP contribution in [0.4, 0.5) is 5.13 Å². The largest absolute Gasteiger partial charge is 0.378 e. The monoisotopic (exact) mass is 365 g/mol. The Morgan fingerprint density at radius 2 is 2.00 bits per heavy atom. The first kappa shape index (κ1) is 18.1. The van der Waals surface area contributed by atoms with Gasteiger partial charge in [0.15, 0.2) is 0 Å². The highest BCUT2D eigenvalue weighted by Gasteiger charge is 2.29. The predicted molar refractivity (Wildman–Crippen MR) is 99.2 cm³/mol. The van der Waals surface area contributed by atoms with Crippen molar-refractivity contribution in [3.8, 4) is 0 Å². The summed E-state index contributed by atoms with van der Waals surface area (Å²) in [7, 11) is 0. The minimum atomic E-state index is -0.295. The standard InChI is InChI=1S/C17H27N5O2S/c1-11(2)13(14(23)21-6-8-24-9-7-21)19-15-20-22-10-12(17(3,4)5)18-16(22)25-15/h10-11,13H,6-9H2,1-5H3,(H,19,20). The van der Waals surface area contributed by atoms with Crippen LogP contribution in [0.25, 0.3) is 4.96 Å². The van der Waals surface area contributed by atoms with Gasteiger partial charge in [-0.2, -0.15) is 0 Å². The number of rotatable bonds is 4. The highest BCUT2D eigenvalue weighted by atomic mass is 32.1. The molecule has 138 valence electrons. The number of aromatic nitrogens is 3. The molecule has 1 amide bonds. The van der Waals surface area contributed by atoms with E-state index in [0.29, 0.717) is 26.3 Å². The fraction of sp³-hybridized carbons (Fsp3) is 0.706. The van der Waals surface area contributed by atoms with Crippen molar-refractivity contribution in [1.82, 2.24) is 19.5 Å². The summed E-state index contributed by atoms with van der Waals surface area (Å²) >= 11 is 1.48. The lowest BCUT2D eigenvalue weighted by molar-refractivity contribution is -0.137. The van der Waals surface area contributed by atoms with Crippen LogP contribution in [0.2, 0.25) is 0 Å². The third kappa shape index (κ3) is 3.95. The van der Waals surface area contributed by atoms with Crippen LogP contribution in [0, 0.1) is 5.92 Å². The van der Waals surface area contributed by atoms with Crippen LogP contribution in [0.5, 0.6) is 0 Å². The van der Waals surface area contributed by atoms with Crippen molar-refractivity contribution in [1.29, 1.82) is 0 Å². The molecule has 25 heavy (non-hydrogen) atoms. The number of hydrogen-bond acceptors (Lipinski definition) is 6. The SMILES string of the molecule is CC(C)C(Nc1nn2cc(C(C)(C)C)nc2s1)C(=O)N1CCOCC1. The van der Waals surface area contributed by atoms with E-state index < -0.39 is 0 Å². The Labute approximate surface area is 152 Å². The minimum absolute atomic E-state index is 0.00617. The van der Waals surface area contributed by atoms with E-state index in [-0.39, 0.29) is 23.3 Å². The Morgan fingerprint density at radius 3 is 2.56 bits per heavy atom. The number of carbonyl (C=O) groups excluding carboxylic acids is 1. The summed E-state index contributed by atoms with van der Waals surface area (Å²) in [5, 5.41) is 8.61. The van der Waals surface area contributed by atoms with E-state index in [2.05, 4.69) is 36.2 Å². The van der Waals surface area contributed by atoms with Crippen LogP contribution in [0.15, 0.2) is 6.20 Å². The van der Waals surface area contributed by atoms with Crippen molar-refractivity contribution >= 4 is 27.3 Å². The minimum Gasteiger partial charge on any atom is -0.378 e. The first-order valence-corrected chi connectivity index (χ1v) is 9.57. The Hall–Kier alpha value is -1.67. The highest BCUT2D eigenvalue weighted by molar-refractivity contribution is 7.20. The molecule has 7 nitrogen and oxygen atoms in total. The number of morpholine rings is 1. The smallest absolute Gasteiger partial charge is 0.245 e. The van der Waals surface area contributed by atoms with Crippen LogP contribution in [0.1, 0.15) is 40.3 Å². The first-order valence-electron chi connectivity index (χ1n) is 8.75. The Balaban J connectivity index is 1.76. The van der Waals surface area contributed by atoms with Crippen LogP contribution in [0.3, 0.4) is 0 Å². The molecule has 0 aromatic carbocycles. The van der Waals surface area contributed by atoms with E-state index in [1.54, 1.807) is 4.52 Å². The van der Waals surface area contributed by atoms with Gasteiger partial charge in [0.2, 0.25) is 16.0 Å². The third-order valence-corrected chi connectivity index (χ3v) is 5.20. The maximum Gasteiger partial charge on any atom is 0.245 e. The van der Waals surface area contributed by atoms with Gasteiger partial charge >= 0.3 is 0 Å². The zero-order chi connectivity index (χ0) is 18.2. The van der Waals surface area contributed by atoms with Gasteiger partial charge < -0.3 is 15.0 Å². The lowest BCUT2D eigenvalue weighted by Gasteiger charge is -2.32. The van der Waals surface area contributed by atoms with Gasteiger partial charge in [0.1, 0.15) is 6.04 Å². The number of hydrogen-bond donors (Lipinski definition) is 1. The van der Waals surface area contributed by atoms with Crippen LogP contribution in [-0.2, 0) is 14.9 Å². The molecule has 1 fully saturated rings. The Kier molecular flexibility index (Phi) is 5.02. The topological polar surface area (TPSA) is 71.8 Å². The Bertz CT molecular complexity index is 708. The van der Waals surface area contributed by atoms with E-state index in [9.17, 15) is 4.79 Å². The molecule has 3 rings (SSSR count). The number of fused-ring (bicyclic) bond motifs is 1. The number of amides is 1. The van der Waals surface area contributed by atoms with Crippen LogP contribution >= 0.6 is 11.3 Å². The average Bonchev–Trinajstić information content (AvgIpc) is 3.10. The maximum absolute atomic E-state index is 12.8. The summed E-state index contributed by atoms with van der Waals surface area (Å²) in [6, 6.07) is -0.295. The van der Waals surface area contributed by atoms with Gasteiger partial charge in [-0.25, -0.2) is 9.50 Å². The van der Waals surface area contributed by atoms with E-state index >= 15 is 0 Å². The second kappa shape index (κ2) is 6.92. The molecule has 1 aliphatic rings. The molecule has 0 aliphatic carbocycles. The predicted octanol–water partition coefficient (Wildman–Crippen LogP) is 2.38. The highest BCUT2D eigenvalue weighted by Crippen LogP contribution is 2.26. The first-order chi connectivity index (χ1) is 11.8. The Morgan fingerprint density at radius 1 is 1.32 bits per heavy atom. The van der Waals surface area contributed by atoms with Crippen molar-refractivity contribution in [2.45, 2.75) is 46.1 Å². The fourth-order valence-corrected chi connectivity index (χ4v) is 3.57. The molecule has 2 aromatic heterocycles. The summed E-state index contributed by atoms with van der Waals surface area (Å²) in [4.78, 5) is 20.2. The van der Waals surface area contributed by atoms with Crippen molar-refractivity contribution in [2.75, 3.05) is 31.6 Å². The molecule has 3 heterocycles. The summed E-state index contributed by atoms with van der Waals surface area (Å²) < 4.78 is 7.14. The van der Waals surface area contributed by atoms with E-state index in [1.165, 1.54) is 11.3 Å². The molecule has 1 saturated heterocycles. The summed E-state index contributed by atoms with van der Waals surface area (Å²) in [6.45, 7) is 13.0. The zero-order valence-electron chi connectivity index (χ0n) is 15.6. The lowest BCUT2D eigenvalue weighted by Crippen LogP contribution is -2.49. The summed E-state index contributed by atoms with van der Waals surface area (Å²) in [5.74, 6) is 0.276. The molecule has 0 bridgehead atoms. The van der Waals surface area contributed by atoms with Gasteiger partial charge in [0.25, 0.3) is 0 Å². The van der Waals surface area contributed by atoms with Gasteiger partial charge in [-0.1, -0.05) is 46.0 Å². The third-order valence-electron chi connectivity index (χ3n) is 4.35. The molecule has 0 saturated carbocycles. The lowest BCUT2D eigenvalue weighted by atomic mass is 9.93. The van der Waals surface area contributed by atoms with Crippen molar-refractivity contribution < 1.29 is 9.53 Å². The van der Waals surface area contributed by atoms with Crippen LogP contribution < -0.4 is 5.32 Å². The molecule has 2 aromatic rings. The van der Waals surface area contributed by atoms with Crippen molar-refractivity contribution in [3.05, 3.63) is 11.9 Å². The molecule has 1 unspecified atom stereocenters. The van der Waals surface area contributed by atoms with Crippen molar-refractivity contribution in [2.24, 2.45) is 5.92 Å². The average molecular weight is 366 g/mol. The molecule has 1 aliphatic heterocycles. The number of ether oxygens (including phenoxy) is 1. The maximum atomic E-state index is 12.8.